The first kappa shape index (κ1) is 18.8. The lowest BCUT2D eigenvalue weighted by Crippen LogP contribution is -2.53. The Bertz CT molecular complexity index is 873. The maximum Gasteiger partial charge on any atom is 0.416 e. The number of hydrogen-bond acceptors (Lipinski definition) is 3. The first-order valence-corrected chi connectivity index (χ1v) is 9.33. The van der Waals surface area contributed by atoms with E-state index in [9.17, 15) is 18.0 Å². The number of fused-ring (bicyclic) bond motifs is 1. The van der Waals surface area contributed by atoms with Crippen LogP contribution < -0.4 is 5.32 Å². The van der Waals surface area contributed by atoms with Crippen LogP contribution in [0.1, 0.15) is 16.7 Å². The molecule has 0 aliphatic carbocycles. The Balaban J connectivity index is 1.48. The third-order valence-corrected chi connectivity index (χ3v) is 5.48. The number of nitrogens with zero attached hydrogens (tertiary/aromatic N) is 2. The molecule has 28 heavy (non-hydrogen) atoms. The van der Waals surface area contributed by atoms with Gasteiger partial charge in [0, 0.05) is 37.6 Å². The number of likely N-dealkylation sites (tertiary alicyclic amines) is 1. The molecule has 7 heteroatoms. The zero-order valence-corrected chi connectivity index (χ0v) is 15.6. The zero-order chi connectivity index (χ0) is 19.9. The molecule has 2 aliphatic heterocycles. The molecule has 2 aromatic rings. The highest BCUT2D eigenvalue weighted by atomic mass is 19.4. The molecule has 0 atom stereocenters. The monoisotopic (exact) mass is 389 g/mol. The number of anilines is 2. The summed E-state index contributed by atoms with van der Waals surface area (Å²) in [7, 11) is 2.01. The molecule has 4 nitrogen and oxygen atoms in total. The number of alkyl halides is 3. The highest BCUT2D eigenvalue weighted by molar-refractivity contribution is 5.81. The molecule has 1 amide bonds. The van der Waals surface area contributed by atoms with Crippen molar-refractivity contribution in [3.05, 3.63) is 59.2 Å². The highest BCUT2D eigenvalue weighted by Gasteiger charge is 2.34. The Labute approximate surface area is 161 Å². The number of nitrogens with one attached hydrogen (secondary N) is 1. The molecule has 2 aliphatic rings. The van der Waals surface area contributed by atoms with E-state index in [1.165, 1.54) is 12.1 Å². The zero-order valence-electron chi connectivity index (χ0n) is 15.6. The van der Waals surface area contributed by atoms with Crippen LogP contribution in [0.3, 0.4) is 0 Å². The van der Waals surface area contributed by atoms with E-state index in [1.807, 2.05) is 30.1 Å². The maximum absolute atomic E-state index is 12.7. The normalized spacial score (nSPS) is 17.8. The maximum atomic E-state index is 12.7. The summed E-state index contributed by atoms with van der Waals surface area (Å²) >= 11 is 0. The summed E-state index contributed by atoms with van der Waals surface area (Å²) in [6, 6.07) is 10.9. The molecule has 1 saturated heterocycles. The van der Waals surface area contributed by atoms with Crippen molar-refractivity contribution in [2.45, 2.75) is 19.1 Å². The molecule has 1 fully saturated rings. The predicted octanol–water partition coefficient (Wildman–Crippen LogP) is 3.90. The van der Waals surface area contributed by atoms with E-state index in [2.05, 4.69) is 10.2 Å². The molecular formula is C21H22F3N3O. The molecule has 0 bridgehead atoms. The van der Waals surface area contributed by atoms with Crippen LogP contribution in [0.4, 0.5) is 24.5 Å². The summed E-state index contributed by atoms with van der Waals surface area (Å²) in [6.45, 7) is 2.88. The first-order valence-electron chi connectivity index (χ1n) is 9.33. The van der Waals surface area contributed by atoms with E-state index < -0.39 is 11.7 Å². The van der Waals surface area contributed by atoms with Crippen molar-refractivity contribution >= 4 is 17.3 Å². The summed E-state index contributed by atoms with van der Waals surface area (Å²) in [5, 5.41) is 3.23. The third kappa shape index (κ3) is 3.71. The van der Waals surface area contributed by atoms with E-state index >= 15 is 0 Å². The molecule has 0 radical (unpaired) electrons. The third-order valence-electron chi connectivity index (χ3n) is 5.48. The van der Waals surface area contributed by atoms with Crippen LogP contribution in [0.2, 0.25) is 0 Å². The van der Waals surface area contributed by atoms with Gasteiger partial charge in [-0.15, -0.1) is 0 Å². The lowest BCUT2D eigenvalue weighted by atomic mass is 9.94. The van der Waals surface area contributed by atoms with Gasteiger partial charge in [0.1, 0.15) is 0 Å². The lowest BCUT2D eigenvalue weighted by Gasteiger charge is -2.40. The van der Waals surface area contributed by atoms with Gasteiger partial charge >= 0.3 is 6.18 Å². The topological polar surface area (TPSA) is 35.6 Å². The number of amides is 1. The minimum atomic E-state index is -4.34. The fourth-order valence-corrected chi connectivity index (χ4v) is 3.93. The molecule has 0 unspecified atom stereocenters. The number of carbonyl (C=O) groups excluding carboxylic acids is 1. The van der Waals surface area contributed by atoms with Gasteiger partial charge in [-0.05, 0) is 54.9 Å². The fourth-order valence-electron chi connectivity index (χ4n) is 3.93. The van der Waals surface area contributed by atoms with Gasteiger partial charge in [0.05, 0.1) is 11.5 Å². The molecule has 0 aromatic heterocycles. The Kier molecular flexibility index (Phi) is 4.79. The minimum absolute atomic E-state index is 0.0972. The Morgan fingerprint density at radius 3 is 2.46 bits per heavy atom. The van der Waals surface area contributed by atoms with E-state index in [-0.39, 0.29) is 11.8 Å². The molecule has 4 rings (SSSR count). The van der Waals surface area contributed by atoms with Gasteiger partial charge in [-0.2, -0.15) is 13.2 Å². The molecular weight excluding hydrogens is 367 g/mol. The summed E-state index contributed by atoms with van der Waals surface area (Å²) in [6.07, 6.45) is -3.61. The van der Waals surface area contributed by atoms with E-state index in [0.29, 0.717) is 18.8 Å². The van der Waals surface area contributed by atoms with Gasteiger partial charge in [-0.25, -0.2) is 0 Å². The molecule has 148 valence electrons. The Hall–Kier alpha value is -2.54. The average Bonchev–Trinajstić information content (AvgIpc) is 2.64. The number of benzene rings is 2. The van der Waals surface area contributed by atoms with Crippen molar-refractivity contribution < 1.29 is 18.0 Å². The standard InChI is InChI=1S/C21H22F3N3O/c1-26-11-15(12-26)20(28)27-10-9-18-14(13-27)3-2-4-19(18)25-17-7-5-16(6-8-17)21(22,23)24/h2-8,15,25H,9-13H2,1H3. The van der Waals surface area contributed by atoms with Gasteiger partial charge in [0.25, 0.3) is 0 Å². The van der Waals surface area contributed by atoms with Crippen LogP contribution in [0, 0.1) is 5.92 Å². The van der Waals surface area contributed by atoms with E-state index in [4.69, 9.17) is 0 Å². The van der Waals surface area contributed by atoms with Crippen LogP contribution in [0.15, 0.2) is 42.5 Å². The van der Waals surface area contributed by atoms with Crippen LogP contribution in [0.25, 0.3) is 0 Å². The van der Waals surface area contributed by atoms with Gasteiger partial charge in [0.15, 0.2) is 0 Å². The lowest BCUT2D eigenvalue weighted by molar-refractivity contribution is -0.141. The van der Waals surface area contributed by atoms with E-state index in [1.54, 1.807) is 0 Å². The number of carbonyl (C=O) groups is 1. The summed E-state index contributed by atoms with van der Waals surface area (Å²) in [4.78, 5) is 16.7. The number of rotatable bonds is 3. The van der Waals surface area contributed by atoms with Crippen LogP contribution in [-0.4, -0.2) is 42.4 Å². The largest absolute Gasteiger partial charge is 0.416 e. The summed E-state index contributed by atoms with van der Waals surface area (Å²) < 4.78 is 38.2. The fraction of sp³-hybridized carbons (Fsp3) is 0.381. The van der Waals surface area contributed by atoms with Crippen LogP contribution >= 0.6 is 0 Å². The SMILES string of the molecule is CN1CC(C(=O)N2CCc3c(cccc3Nc3ccc(C(F)(F)F)cc3)C2)C1. The van der Waals surface area contributed by atoms with Crippen molar-refractivity contribution in [3.8, 4) is 0 Å². The second-order valence-corrected chi connectivity index (χ2v) is 7.57. The van der Waals surface area contributed by atoms with E-state index in [0.717, 1.165) is 48.5 Å². The molecule has 0 saturated carbocycles. The number of halogens is 3. The van der Waals surface area contributed by atoms with Crippen LogP contribution in [-0.2, 0) is 23.9 Å². The predicted molar refractivity (Wildman–Crippen MR) is 101 cm³/mol. The van der Waals surface area contributed by atoms with Crippen molar-refractivity contribution in [3.63, 3.8) is 0 Å². The van der Waals surface area contributed by atoms with Crippen molar-refractivity contribution in [1.82, 2.24) is 9.80 Å². The summed E-state index contributed by atoms with van der Waals surface area (Å²) in [5.41, 5.74) is 3.04. The van der Waals surface area contributed by atoms with Crippen molar-refractivity contribution in [1.29, 1.82) is 0 Å². The Morgan fingerprint density at radius 2 is 1.82 bits per heavy atom. The summed E-state index contributed by atoms with van der Waals surface area (Å²) in [5.74, 6) is 0.310. The quantitative estimate of drug-likeness (QED) is 0.865. The van der Waals surface area contributed by atoms with Crippen molar-refractivity contribution in [2.24, 2.45) is 5.92 Å². The number of hydrogen-bond donors (Lipinski definition) is 1. The van der Waals surface area contributed by atoms with Gasteiger partial charge in [-0.3, -0.25) is 4.79 Å². The molecule has 0 spiro atoms. The van der Waals surface area contributed by atoms with Gasteiger partial charge in [-0.1, -0.05) is 12.1 Å². The molecule has 1 N–H and O–H groups in total. The second kappa shape index (κ2) is 7.13. The van der Waals surface area contributed by atoms with Gasteiger partial charge in [0.2, 0.25) is 5.91 Å². The van der Waals surface area contributed by atoms with Crippen molar-refractivity contribution in [2.75, 3.05) is 32.0 Å². The minimum Gasteiger partial charge on any atom is -0.355 e. The molecule has 2 heterocycles. The first-order chi connectivity index (χ1) is 13.3. The smallest absolute Gasteiger partial charge is 0.355 e. The van der Waals surface area contributed by atoms with Crippen LogP contribution in [0.5, 0.6) is 0 Å². The molecule has 2 aromatic carbocycles. The second-order valence-electron chi connectivity index (χ2n) is 7.57. The average molecular weight is 389 g/mol. The van der Waals surface area contributed by atoms with Gasteiger partial charge < -0.3 is 15.1 Å². The Morgan fingerprint density at radius 1 is 1.11 bits per heavy atom. The highest BCUT2D eigenvalue weighted by Crippen LogP contribution is 2.32.